The zero-order valence-corrected chi connectivity index (χ0v) is 13.0. The number of aromatic nitrogens is 1. The number of anilines is 1. The summed E-state index contributed by atoms with van der Waals surface area (Å²) in [5.41, 5.74) is 3.77. The molecule has 0 amide bonds. The molecule has 0 bridgehead atoms. The van der Waals surface area contributed by atoms with Gasteiger partial charge in [0.15, 0.2) is 5.69 Å². The maximum absolute atomic E-state index is 11.0. The van der Waals surface area contributed by atoms with Crippen molar-refractivity contribution >= 4 is 23.0 Å². The lowest BCUT2D eigenvalue weighted by Gasteiger charge is -2.35. The van der Waals surface area contributed by atoms with E-state index in [4.69, 9.17) is 5.11 Å². The number of benzene rings is 1. The second kappa shape index (κ2) is 5.48. The summed E-state index contributed by atoms with van der Waals surface area (Å²) in [6, 6.07) is 6.71. The van der Waals surface area contributed by atoms with E-state index < -0.39 is 5.97 Å². The Hall–Kier alpha value is -1.88. The minimum atomic E-state index is -0.967. The quantitative estimate of drug-likeness (QED) is 0.940. The van der Waals surface area contributed by atoms with Crippen molar-refractivity contribution in [2.75, 3.05) is 11.4 Å². The highest BCUT2D eigenvalue weighted by molar-refractivity contribution is 7.13. The van der Waals surface area contributed by atoms with Crippen LogP contribution in [0.2, 0.25) is 0 Å². The molecular formula is C16H18N2O2S. The van der Waals surface area contributed by atoms with Crippen LogP contribution in [0.25, 0.3) is 10.6 Å². The minimum Gasteiger partial charge on any atom is -0.476 e. The molecule has 0 radical (unpaired) electrons. The van der Waals surface area contributed by atoms with Crippen LogP contribution in [0.1, 0.15) is 36.3 Å². The molecular weight excluding hydrogens is 284 g/mol. The summed E-state index contributed by atoms with van der Waals surface area (Å²) >= 11 is 1.40. The molecule has 2 heterocycles. The number of hydrogen-bond donors (Lipinski definition) is 1. The van der Waals surface area contributed by atoms with Gasteiger partial charge in [-0.25, -0.2) is 9.78 Å². The molecule has 110 valence electrons. The summed E-state index contributed by atoms with van der Waals surface area (Å²) in [5, 5.41) is 11.4. The Kier molecular flexibility index (Phi) is 3.68. The van der Waals surface area contributed by atoms with E-state index in [1.165, 1.54) is 22.6 Å². The van der Waals surface area contributed by atoms with Gasteiger partial charge >= 0.3 is 5.97 Å². The minimum absolute atomic E-state index is 0.129. The molecule has 21 heavy (non-hydrogen) atoms. The fraction of sp³-hybridized carbons (Fsp3) is 0.375. The zero-order chi connectivity index (χ0) is 15.0. The summed E-state index contributed by atoms with van der Waals surface area (Å²) in [6.45, 7) is 5.48. The van der Waals surface area contributed by atoms with Crippen molar-refractivity contribution in [1.82, 2.24) is 4.98 Å². The molecule has 1 aromatic carbocycles. The Morgan fingerprint density at radius 1 is 1.43 bits per heavy atom. The highest BCUT2D eigenvalue weighted by atomic mass is 32.1. The number of rotatable bonds is 3. The van der Waals surface area contributed by atoms with Crippen LogP contribution in [0.5, 0.6) is 0 Å². The van der Waals surface area contributed by atoms with Crippen LogP contribution in [0.4, 0.5) is 5.69 Å². The van der Waals surface area contributed by atoms with Crippen molar-refractivity contribution in [2.24, 2.45) is 0 Å². The smallest absolute Gasteiger partial charge is 0.355 e. The van der Waals surface area contributed by atoms with Crippen LogP contribution in [-0.2, 0) is 6.42 Å². The molecule has 0 aliphatic carbocycles. The van der Waals surface area contributed by atoms with E-state index in [1.54, 1.807) is 5.38 Å². The van der Waals surface area contributed by atoms with Crippen LogP contribution in [0.15, 0.2) is 23.6 Å². The number of carbonyl (C=O) groups is 1. The van der Waals surface area contributed by atoms with Crippen molar-refractivity contribution in [2.45, 2.75) is 32.7 Å². The van der Waals surface area contributed by atoms with Gasteiger partial charge < -0.3 is 10.0 Å². The Bertz CT molecular complexity index is 679. The molecule has 1 aliphatic heterocycles. The third kappa shape index (κ3) is 2.53. The molecule has 1 aromatic heterocycles. The van der Waals surface area contributed by atoms with Crippen molar-refractivity contribution in [3.8, 4) is 10.6 Å². The molecule has 0 atom stereocenters. The number of nitrogens with zero attached hydrogens (tertiary/aromatic N) is 2. The number of fused-ring (bicyclic) bond motifs is 1. The lowest BCUT2D eigenvalue weighted by molar-refractivity contribution is 0.0691. The lowest BCUT2D eigenvalue weighted by Crippen LogP contribution is -2.35. The van der Waals surface area contributed by atoms with Crippen molar-refractivity contribution in [3.63, 3.8) is 0 Å². The molecule has 0 saturated heterocycles. The van der Waals surface area contributed by atoms with Crippen LogP contribution in [0, 0.1) is 0 Å². The van der Waals surface area contributed by atoms with E-state index in [0.717, 1.165) is 30.0 Å². The molecule has 0 fully saturated rings. The summed E-state index contributed by atoms with van der Waals surface area (Å²) in [5.74, 6) is -0.967. The molecule has 3 rings (SSSR count). The number of carboxylic acids is 1. The van der Waals surface area contributed by atoms with Gasteiger partial charge in [-0.2, -0.15) is 0 Å². The van der Waals surface area contributed by atoms with E-state index in [9.17, 15) is 4.79 Å². The predicted molar refractivity (Wildman–Crippen MR) is 85.3 cm³/mol. The summed E-state index contributed by atoms with van der Waals surface area (Å²) < 4.78 is 0. The number of thiazole rings is 1. The van der Waals surface area contributed by atoms with Crippen molar-refractivity contribution < 1.29 is 9.90 Å². The molecule has 1 N–H and O–H groups in total. The molecule has 0 saturated carbocycles. The third-order valence-corrected chi connectivity index (χ3v) is 4.74. The maximum Gasteiger partial charge on any atom is 0.355 e. The van der Waals surface area contributed by atoms with Crippen LogP contribution >= 0.6 is 11.3 Å². The van der Waals surface area contributed by atoms with Gasteiger partial charge in [0.05, 0.1) is 0 Å². The molecule has 0 spiro atoms. The van der Waals surface area contributed by atoms with Gasteiger partial charge in [-0.15, -0.1) is 11.3 Å². The van der Waals surface area contributed by atoms with Gasteiger partial charge in [-0.05, 0) is 38.3 Å². The van der Waals surface area contributed by atoms with Gasteiger partial charge in [-0.1, -0.05) is 12.1 Å². The van der Waals surface area contributed by atoms with Crippen molar-refractivity contribution in [3.05, 3.63) is 34.8 Å². The van der Waals surface area contributed by atoms with Gasteiger partial charge in [0.2, 0.25) is 0 Å². The van der Waals surface area contributed by atoms with Crippen LogP contribution in [0.3, 0.4) is 0 Å². The largest absolute Gasteiger partial charge is 0.476 e. The number of hydrogen-bond acceptors (Lipinski definition) is 4. The Morgan fingerprint density at radius 3 is 2.90 bits per heavy atom. The van der Waals surface area contributed by atoms with E-state index >= 15 is 0 Å². The lowest BCUT2D eigenvalue weighted by atomic mass is 9.95. The first-order valence-electron chi connectivity index (χ1n) is 7.15. The number of aromatic carboxylic acids is 1. The second-order valence-electron chi connectivity index (χ2n) is 5.54. The molecule has 2 aromatic rings. The zero-order valence-electron chi connectivity index (χ0n) is 12.2. The van der Waals surface area contributed by atoms with Gasteiger partial charge in [0.1, 0.15) is 5.01 Å². The maximum atomic E-state index is 11.0. The highest BCUT2D eigenvalue weighted by Crippen LogP contribution is 2.37. The van der Waals surface area contributed by atoms with Crippen molar-refractivity contribution in [1.29, 1.82) is 0 Å². The average Bonchev–Trinajstić information content (AvgIpc) is 2.95. The molecule has 1 aliphatic rings. The molecule has 4 nitrogen and oxygen atoms in total. The molecule has 5 heteroatoms. The van der Waals surface area contributed by atoms with Crippen LogP contribution in [-0.4, -0.2) is 28.6 Å². The summed E-state index contributed by atoms with van der Waals surface area (Å²) in [6.07, 6.45) is 2.15. The first kappa shape index (κ1) is 14.1. The number of carboxylic acid groups (broad SMARTS) is 1. The summed E-state index contributed by atoms with van der Waals surface area (Å²) in [4.78, 5) is 17.7. The van der Waals surface area contributed by atoms with Gasteiger partial charge in [0, 0.05) is 29.2 Å². The predicted octanol–water partition coefficient (Wildman–Crippen LogP) is 3.67. The first-order chi connectivity index (χ1) is 10.1. The Morgan fingerprint density at radius 2 is 2.24 bits per heavy atom. The fourth-order valence-electron chi connectivity index (χ4n) is 2.89. The first-order valence-corrected chi connectivity index (χ1v) is 8.03. The normalized spacial score (nSPS) is 14.3. The SMILES string of the molecule is CC(C)N1CCCc2c(-c3nc(C(=O)O)cs3)cccc21. The highest BCUT2D eigenvalue weighted by Gasteiger charge is 2.23. The second-order valence-corrected chi connectivity index (χ2v) is 6.40. The van der Waals surface area contributed by atoms with E-state index in [1.807, 2.05) is 12.1 Å². The Balaban J connectivity index is 2.07. The average molecular weight is 302 g/mol. The molecule has 0 unspecified atom stereocenters. The fourth-order valence-corrected chi connectivity index (χ4v) is 3.73. The van der Waals surface area contributed by atoms with Gasteiger partial charge in [-0.3, -0.25) is 0 Å². The summed E-state index contributed by atoms with van der Waals surface area (Å²) in [7, 11) is 0. The van der Waals surface area contributed by atoms with E-state index in [0.29, 0.717) is 6.04 Å². The third-order valence-electron chi connectivity index (χ3n) is 3.86. The Labute approximate surface area is 128 Å². The van der Waals surface area contributed by atoms with Gasteiger partial charge in [0.25, 0.3) is 0 Å². The van der Waals surface area contributed by atoms with Crippen LogP contribution < -0.4 is 4.90 Å². The topological polar surface area (TPSA) is 53.4 Å². The van der Waals surface area contributed by atoms with E-state index in [2.05, 4.69) is 29.8 Å². The standard InChI is InChI=1S/C16H18N2O2S/c1-10(2)18-8-4-6-11-12(5-3-7-14(11)18)15-17-13(9-21-15)16(19)20/h3,5,7,9-10H,4,6,8H2,1-2H3,(H,19,20). The van der Waals surface area contributed by atoms with E-state index in [-0.39, 0.29) is 5.69 Å². The monoisotopic (exact) mass is 302 g/mol.